The Morgan fingerprint density at radius 1 is 1.69 bits per heavy atom. The van der Waals surface area contributed by atoms with E-state index in [-0.39, 0.29) is 6.04 Å². The van der Waals surface area contributed by atoms with E-state index >= 15 is 0 Å². The highest BCUT2D eigenvalue weighted by atomic mass is 15.3. The van der Waals surface area contributed by atoms with Gasteiger partial charge in [0.25, 0.3) is 0 Å². The molecule has 1 heterocycles. The minimum absolute atomic E-state index is 0.0595. The highest BCUT2D eigenvalue weighted by molar-refractivity contribution is 5.02. The molecule has 1 aromatic heterocycles. The maximum atomic E-state index is 5.88. The molecule has 72 valence electrons. The summed E-state index contributed by atoms with van der Waals surface area (Å²) in [4.78, 5) is 0. The van der Waals surface area contributed by atoms with Crippen LogP contribution in [0.3, 0.4) is 0 Å². The van der Waals surface area contributed by atoms with Crippen LogP contribution >= 0.6 is 0 Å². The SMILES string of the molecule is CC(C)=CC(N)Cn1cc(C)cn1. The second kappa shape index (κ2) is 4.23. The van der Waals surface area contributed by atoms with Crippen LogP contribution in [0.4, 0.5) is 0 Å². The van der Waals surface area contributed by atoms with Crippen LogP contribution in [0.5, 0.6) is 0 Å². The number of allylic oxidation sites excluding steroid dienone is 1. The van der Waals surface area contributed by atoms with Crippen molar-refractivity contribution in [3.63, 3.8) is 0 Å². The van der Waals surface area contributed by atoms with E-state index in [9.17, 15) is 0 Å². The molecule has 0 amide bonds. The summed E-state index contributed by atoms with van der Waals surface area (Å²) in [5.74, 6) is 0. The van der Waals surface area contributed by atoms with Gasteiger partial charge in [-0.05, 0) is 26.3 Å². The third-order valence-corrected chi connectivity index (χ3v) is 1.71. The second-order valence-electron chi connectivity index (χ2n) is 3.65. The summed E-state index contributed by atoms with van der Waals surface area (Å²) in [7, 11) is 0. The average Bonchev–Trinajstić information content (AvgIpc) is 2.33. The Hall–Kier alpha value is -1.09. The third kappa shape index (κ3) is 3.42. The molecule has 13 heavy (non-hydrogen) atoms. The summed E-state index contributed by atoms with van der Waals surface area (Å²) in [6.07, 6.45) is 5.89. The monoisotopic (exact) mass is 179 g/mol. The highest BCUT2D eigenvalue weighted by Gasteiger charge is 2.00. The smallest absolute Gasteiger partial charge is 0.0596 e. The van der Waals surface area contributed by atoms with Gasteiger partial charge in [0.1, 0.15) is 0 Å². The summed E-state index contributed by atoms with van der Waals surface area (Å²) in [6, 6.07) is 0.0595. The van der Waals surface area contributed by atoms with Crippen molar-refractivity contribution in [2.24, 2.45) is 5.73 Å². The molecule has 0 saturated heterocycles. The van der Waals surface area contributed by atoms with Crippen LogP contribution in [-0.2, 0) is 6.54 Å². The lowest BCUT2D eigenvalue weighted by Crippen LogP contribution is -2.24. The molecule has 0 fully saturated rings. The normalized spacial score (nSPS) is 12.6. The van der Waals surface area contributed by atoms with E-state index in [0.29, 0.717) is 0 Å². The number of aryl methyl sites for hydroxylation is 1. The van der Waals surface area contributed by atoms with E-state index < -0.39 is 0 Å². The standard InChI is InChI=1S/C10H17N3/c1-8(2)4-10(11)7-13-6-9(3)5-12-13/h4-6,10H,7,11H2,1-3H3. The molecule has 1 unspecified atom stereocenters. The molecule has 0 aliphatic carbocycles. The largest absolute Gasteiger partial charge is 0.323 e. The van der Waals surface area contributed by atoms with Gasteiger partial charge < -0.3 is 5.73 Å². The highest BCUT2D eigenvalue weighted by Crippen LogP contribution is 1.98. The molecule has 1 atom stereocenters. The molecule has 0 radical (unpaired) electrons. The molecule has 0 aliphatic heterocycles. The van der Waals surface area contributed by atoms with Gasteiger partial charge in [-0.3, -0.25) is 4.68 Å². The van der Waals surface area contributed by atoms with E-state index in [1.54, 1.807) is 0 Å². The Bertz CT molecular complexity index is 295. The van der Waals surface area contributed by atoms with Gasteiger partial charge >= 0.3 is 0 Å². The zero-order chi connectivity index (χ0) is 9.84. The predicted octanol–water partition coefficient (Wildman–Crippen LogP) is 1.49. The number of hydrogen-bond donors (Lipinski definition) is 1. The molecular formula is C10H17N3. The summed E-state index contributed by atoms with van der Waals surface area (Å²) < 4.78 is 1.87. The number of hydrogen-bond acceptors (Lipinski definition) is 2. The van der Waals surface area contributed by atoms with E-state index in [1.165, 1.54) is 11.1 Å². The minimum atomic E-state index is 0.0595. The number of nitrogens with two attached hydrogens (primary N) is 1. The lowest BCUT2D eigenvalue weighted by Gasteiger charge is -2.07. The first-order valence-electron chi connectivity index (χ1n) is 4.47. The van der Waals surface area contributed by atoms with Crippen molar-refractivity contribution in [1.29, 1.82) is 0 Å². The lowest BCUT2D eigenvalue weighted by atomic mass is 10.2. The van der Waals surface area contributed by atoms with E-state index in [2.05, 4.69) is 11.2 Å². The predicted molar refractivity (Wildman–Crippen MR) is 54.4 cm³/mol. The summed E-state index contributed by atoms with van der Waals surface area (Å²) in [5.41, 5.74) is 8.30. The van der Waals surface area contributed by atoms with E-state index in [4.69, 9.17) is 5.73 Å². The Kier molecular flexibility index (Phi) is 3.25. The topological polar surface area (TPSA) is 43.8 Å². The van der Waals surface area contributed by atoms with Crippen LogP contribution in [0.1, 0.15) is 19.4 Å². The van der Waals surface area contributed by atoms with Crippen LogP contribution in [0, 0.1) is 6.92 Å². The van der Waals surface area contributed by atoms with E-state index in [0.717, 1.165) is 6.54 Å². The first-order chi connectivity index (χ1) is 6.08. The van der Waals surface area contributed by atoms with Crippen LogP contribution in [0.2, 0.25) is 0 Å². The van der Waals surface area contributed by atoms with Gasteiger partial charge in [-0.15, -0.1) is 0 Å². The van der Waals surface area contributed by atoms with Crippen molar-refractivity contribution < 1.29 is 0 Å². The zero-order valence-corrected chi connectivity index (χ0v) is 8.49. The van der Waals surface area contributed by atoms with Crippen molar-refractivity contribution in [1.82, 2.24) is 9.78 Å². The van der Waals surface area contributed by atoms with Crippen LogP contribution in [0.25, 0.3) is 0 Å². The fourth-order valence-corrected chi connectivity index (χ4v) is 1.26. The Morgan fingerprint density at radius 3 is 2.85 bits per heavy atom. The van der Waals surface area contributed by atoms with Gasteiger partial charge in [-0.2, -0.15) is 5.10 Å². The molecule has 3 heteroatoms. The molecule has 0 saturated carbocycles. The number of rotatable bonds is 3. The van der Waals surface area contributed by atoms with Crippen molar-refractivity contribution in [3.8, 4) is 0 Å². The Balaban J connectivity index is 2.54. The molecule has 3 nitrogen and oxygen atoms in total. The molecular weight excluding hydrogens is 162 g/mol. The van der Waals surface area contributed by atoms with Gasteiger partial charge in [0.15, 0.2) is 0 Å². The fraction of sp³-hybridized carbons (Fsp3) is 0.500. The molecule has 0 aliphatic rings. The Labute approximate surface area is 79.2 Å². The summed E-state index contributed by atoms with van der Waals surface area (Å²) >= 11 is 0. The third-order valence-electron chi connectivity index (χ3n) is 1.71. The number of nitrogens with zero attached hydrogens (tertiary/aromatic N) is 2. The fourth-order valence-electron chi connectivity index (χ4n) is 1.26. The van der Waals surface area contributed by atoms with Crippen molar-refractivity contribution in [3.05, 3.63) is 29.6 Å². The lowest BCUT2D eigenvalue weighted by molar-refractivity contribution is 0.566. The van der Waals surface area contributed by atoms with Gasteiger partial charge in [0.2, 0.25) is 0 Å². The molecule has 1 rings (SSSR count). The van der Waals surface area contributed by atoms with Crippen molar-refractivity contribution >= 4 is 0 Å². The maximum Gasteiger partial charge on any atom is 0.0596 e. The molecule has 1 aromatic rings. The van der Waals surface area contributed by atoms with Gasteiger partial charge in [0.05, 0.1) is 12.7 Å². The summed E-state index contributed by atoms with van der Waals surface area (Å²) in [5, 5.41) is 4.17. The molecule has 2 N–H and O–H groups in total. The first kappa shape index (κ1) is 9.99. The van der Waals surface area contributed by atoms with Gasteiger partial charge in [-0.25, -0.2) is 0 Å². The zero-order valence-electron chi connectivity index (χ0n) is 8.49. The second-order valence-corrected chi connectivity index (χ2v) is 3.65. The van der Waals surface area contributed by atoms with Gasteiger partial charge in [0, 0.05) is 12.2 Å². The summed E-state index contributed by atoms with van der Waals surface area (Å²) in [6.45, 7) is 6.87. The van der Waals surface area contributed by atoms with Gasteiger partial charge in [-0.1, -0.05) is 11.6 Å². The molecule has 0 spiro atoms. The van der Waals surface area contributed by atoms with Crippen molar-refractivity contribution in [2.45, 2.75) is 33.4 Å². The minimum Gasteiger partial charge on any atom is -0.323 e. The van der Waals surface area contributed by atoms with E-state index in [1.807, 2.05) is 37.8 Å². The average molecular weight is 179 g/mol. The maximum absolute atomic E-state index is 5.88. The number of aromatic nitrogens is 2. The van der Waals surface area contributed by atoms with Crippen LogP contribution < -0.4 is 5.73 Å². The molecule has 0 aromatic carbocycles. The Morgan fingerprint density at radius 2 is 2.38 bits per heavy atom. The molecule has 0 bridgehead atoms. The van der Waals surface area contributed by atoms with Crippen LogP contribution in [0.15, 0.2) is 24.0 Å². The van der Waals surface area contributed by atoms with Crippen LogP contribution in [-0.4, -0.2) is 15.8 Å². The first-order valence-corrected chi connectivity index (χ1v) is 4.47. The quantitative estimate of drug-likeness (QED) is 0.714. The van der Waals surface area contributed by atoms with Crippen molar-refractivity contribution in [2.75, 3.05) is 0 Å².